The normalized spacial score (nSPS) is 17.5. The number of hydroxylamine groups is 2. The van der Waals surface area contributed by atoms with Crippen LogP contribution < -0.4 is 0 Å². The van der Waals surface area contributed by atoms with Gasteiger partial charge in [0.1, 0.15) is 11.6 Å². The summed E-state index contributed by atoms with van der Waals surface area (Å²) in [6.45, 7) is 9.17. The van der Waals surface area contributed by atoms with Gasteiger partial charge in [0.25, 0.3) is 0 Å². The molecule has 0 saturated heterocycles. The Morgan fingerprint density at radius 1 is 1.32 bits per heavy atom. The number of hydrogen-bond donors (Lipinski definition) is 0. The summed E-state index contributed by atoms with van der Waals surface area (Å²) in [5, 5.41) is 1.61. The summed E-state index contributed by atoms with van der Waals surface area (Å²) in [7, 11) is 1.82. The second kappa shape index (κ2) is 9.66. The molecule has 22 heavy (non-hydrogen) atoms. The third-order valence-electron chi connectivity index (χ3n) is 3.53. The van der Waals surface area contributed by atoms with Crippen molar-refractivity contribution in [2.45, 2.75) is 39.0 Å². The maximum atomic E-state index is 13.4. The van der Waals surface area contributed by atoms with Crippen molar-refractivity contribution in [1.29, 1.82) is 0 Å². The molecule has 3 nitrogen and oxygen atoms in total. The standard InChI is InChI=1S/C12H12F2.C5H13NO2/c1-8-2-3-9(6-8)11-5-4-10(13)7-12(11)14;1-4-6(3)8-7-5-2/h4-5,7,9H,1-3,6H2;4-5H2,1-3H3. The summed E-state index contributed by atoms with van der Waals surface area (Å²) < 4.78 is 26.0. The molecule has 124 valence electrons. The predicted octanol–water partition coefficient (Wildman–Crippen LogP) is 4.61. The zero-order valence-electron chi connectivity index (χ0n) is 13.6. The summed E-state index contributed by atoms with van der Waals surface area (Å²) in [4.78, 5) is 9.29. The molecule has 1 saturated carbocycles. The molecule has 1 fully saturated rings. The fraction of sp³-hybridized carbons (Fsp3) is 0.529. The Hall–Kier alpha value is -1.30. The Balaban J connectivity index is 0.000000261. The average molecular weight is 313 g/mol. The zero-order chi connectivity index (χ0) is 16.5. The molecule has 5 heteroatoms. The number of allylic oxidation sites excluding steroid dienone is 1. The van der Waals surface area contributed by atoms with Gasteiger partial charge in [0.05, 0.1) is 6.61 Å². The van der Waals surface area contributed by atoms with E-state index in [-0.39, 0.29) is 5.92 Å². The minimum Gasteiger partial charge on any atom is -0.218 e. The monoisotopic (exact) mass is 313 g/mol. The van der Waals surface area contributed by atoms with Crippen molar-refractivity contribution in [3.8, 4) is 0 Å². The third kappa shape index (κ3) is 6.22. The molecule has 0 aromatic heterocycles. The van der Waals surface area contributed by atoms with E-state index in [0.717, 1.165) is 31.9 Å². The SMILES string of the molecule is C=C1CCC(c2ccc(F)cc2F)C1.CCOON(C)CC. The maximum Gasteiger partial charge on any atom is 0.129 e. The maximum absolute atomic E-state index is 13.4. The first-order valence-corrected chi connectivity index (χ1v) is 7.60. The van der Waals surface area contributed by atoms with E-state index < -0.39 is 11.6 Å². The summed E-state index contributed by atoms with van der Waals surface area (Å²) in [5.41, 5.74) is 1.80. The van der Waals surface area contributed by atoms with Crippen LogP contribution in [0.5, 0.6) is 0 Å². The Morgan fingerprint density at radius 3 is 2.55 bits per heavy atom. The number of rotatable bonds is 5. The van der Waals surface area contributed by atoms with Gasteiger partial charge in [0.15, 0.2) is 0 Å². The molecule has 1 aliphatic rings. The largest absolute Gasteiger partial charge is 0.218 e. The van der Waals surface area contributed by atoms with Crippen molar-refractivity contribution < 1.29 is 18.7 Å². The van der Waals surface area contributed by atoms with Gasteiger partial charge in [0, 0.05) is 19.7 Å². The smallest absolute Gasteiger partial charge is 0.129 e. The van der Waals surface area contributed by atoms with Crippen molar-refractivity contribution in [2.75, 3.05) is 20.2 Å². The van der Waals surface area contributed by atoms with E-state index in [9.17, 15) is 8.78 Å². The molecule has 0 amide bonds. The first-order chi connectivity index (χ1) is 10.5. The van der Waals surface area contributed by atoms with E-state index in [4.69, 9.17) is 0 Å². The summed E-state index contributed by atoms with van der Waals surface area (Å²) in [6, 6.07) is 3.82. The van der Waals surface area contributed by atoms with Gasteiger partial charge in [-0.3, -0.25) is 0 Å². The lowest BCUT2D eigenvalue weighted by atomic mass is 9.97. The van der Waals surface area contributed by atoms with Crippen molar-refractivity contribution >= 4 is 0 Å². The minimum atomic E-state index is -0.511. The lowest BCUT2D eigenvalue weighted by Crippen LogP contribution is -2.18. The summed E-state index contributed by atoms with van der Waals surface area (Å²) in [6.07, 6.45) is 2.73. The minimum absolute atomic E-state index is 0.197. The molecule has 0 N–H and O–H groups in total. The molecule has 1 aromatic carbocycles. The molecular weight excluding hydrogens is 288 g/mol. The quantitative estimate of drug-likeness (QED) is 0.450. The number of benzene rings is 1. The molecule has 0 aliphatic heterocycles. The first kappa shape index (κ1) is 18.7. The van der Waals surface area contributed by atoms with E-state index in [0.29, 0.717) is 12.2 Å². The number of halogens is 2. The highest BCUT2D eigenvalue weighted by molar-refractivity contribution is 5.26. The van der Waals surface area contributed by atoms with Crippen LogP contribution in [0.4, 0.5) is 8.78 Å². The molecule has 0 heterocycles. The predicted molar refractivity (Wildman–Crippen MR) is 83.1 cm³/mol. The van der Waals surface area contributed by atoms with Gasteiger partial charge in [-0.05, 0) is 50.7 Å². The second-order valence-electron chi connectivity index (χ2n) is 5.28. The number of nitrogens with zero attached hydrogens (tertiary/aromatic N) is 1. The molecule has 0 radical (unpaired) electrons. The highest BCUT2D eigenvalue weighted by Crippen LogP contribution is 2.37. The van der Waals surface area contributed by atoms with Gasteiger partial charge in [-0.25, -0.2) is 13.7 Å². The van der Waals surface area contributed by atoms with Crippen molar-refractivity contribution in [3.05, 3.63) is 47.5 Å². The van der Waals surface area contributed by atoms with E-state index >= 15 is 0 Å². The molecule has 1 aromatic rings. The van der Waals surface area contributed by atoms with Gasteiger partial charge >= 0.3 is 0 Å². The molecule has 0 bridgehead atoms. The lowest BCUT2D eigenvalue weighted by Gasteiger charge is -2.09. The molecule has 0 spiro atoms. The van der Waals surface area contributed by atoms with Crippen LogP contribution in [-0.2, 0) is 9.88 Å². The van der Waals surface area contributed by atoms with Crippen LogP contribution in [0.3, 0.4) is 0 Å². The van der Waals surface area contributed by atoms with Gasteiger partial charge in [-0.15, -0.1) is 4.99 Å². The average Bonchev–Trinajstić information content (AvgIpc) is 2.91. The van der Waals surface area contributed by atoms with Crippen molar-refractivity contribution in [3.63, 3.8) is 0 Å². The summed E-state index contributed by atoms with van der Waals surface area (Å²) >= 11 is 0. The van der Waals surface area contributed by atoms with Gasteiger partial charge in [-0.2, -0.15) is 5.06 Å². The molecule has 1 aliphatic carbocycles. The fourth-order valence-electron chi connectivity index (χ4n) is 2.22. The highest BCUT2D eigenvalue weighted by Gasteiger charge is 2.22. The van der Waals surface area contributed by atoms with E-state index in [1.807, 2.05) is 20.9 Å². The molecule has 1 unspecified atom stereocenters. The Morgan fingerprint density at radius 2 is 2.05 bits per heavy atom. The first-order valence-electron chi connectivity index (χ1n) is 7.60. The Bertz CT molecular complexity index is 480. The van der Waals surface area contributed by atoms with Crippen LogP contribution in [0.1, 0.15) is 44.6 Å². The van der Waals surface area contributed by atoms with Crippen LogP contribution in [0.15, 0.2) is 30.4 Å². The third-order valence-corrected chi connectivity index (χ3v) is 3.53. The van der Waals surface area contributed by atoms with Gasteiger partial charge in [-0.1, -0.05) is 18.2 Å². The van der Waals surface area contributed by atoms with Crippen LogP contribution in [0.25, 0.3) is 0 Å². The molecule has 1 atom stereocenters. The topological polar surface area (TPSA) is 21.7 Å². The van der Waals surface area contributed by atoms with Crippen LogP contribution in [0.2, 0.25) is 0 Å². The van der Waals surface area contributed by atoms with E-state index in [1.54, 1.807) is 11.1 Å². The van der Waals surface area contributed by atoms with E-state index in [2.05, 4.69) is 16.5 Å². The lowest BCUT2D eigenvalue weighted by molar-refractivity contribution is -0.416. The summed E-state index contributed by atoms with van der Waals surface area (Å²) in [5.74, 6) is -0.740. The van der Waals surface area contributed by atoms with Crippen LogP contribution >= 0.6 is 0 Å². The molecular formula is C17H25F2NO2. The van der Waals surface area contributed by atoms with Gasteiger partial charge in [0.2, 0.25) is 0 Å². The Labute approximate surface area is 131 Å². The number of hydrogen-bond acceptors (Lipinski definition) is 3. The second-order valence-corrected chi connectivity index (χ2v) is 5.28. The van der Waals surface area contributed by atoms with Crippen molar-refractivity contribution in [1.82, 2.24) is 5.06 Å². The Kier molecular flexibility index (Phi) is 8.24. The van der Waals surface area contributed by atoms with Gasteiger partial charge < -0.3 is 0 Å². The fourth-order valence-corrected chi connectivity index (χ4v) is 2.22. The zero-order valence-corrected chi connectivity index (χ0v) is 13.6. The van der Waals surface area contributed by atoms with Crippen LogP contribution in [-0.4, -0.2) is 25.3 Å². The molecule has 2 rings (SSSR count). The van der Waals surface area contributed by atoms with Crippen molar-refractivity contribution in [2.24, 2.45) is 0 Å². The van der Waals surface area contributed by atoms with E-state index in [1.165, 1.54) is 11.6 Å². The van der Waals surface area contributed by atoms with Crippen LogP contribution in [0, 0.1) is 11.6 Å². The highest BCUT2D eigenvalue weighted by atomic mass is 19.1.